The zero-order valence-corrected chi connectivity index (χ0v) is 21.9. The maximum Gasteiger partial charge on any atom is 0.365 e. The van der Waals surface area contributed by atoms with E-state index < -0.39 is 56.4 Å². The van der Waals surface area contributed by atoms with Crippen LogP contribution in [0, 0.1) is 10.8 Å². The Bertz CT molecular complexity index is 645. The first-order chi connectivity index (χ1) is 16.3. The van der Waals surface area contributed by atoms with Crippen molar-refractivity contribution in [2.45, 2.75) is 0 Å². The quantitative estimate of drug-likeness (QED) is 0.0599. The summed E-state index contributed by atoms with van der Waals surface area (Å²) in [5.74, 6) is -1.20. The van der Waals surface area contributed by atoms with E-state index in [1.807, 2.05) is 0 Å². The van der Waals surface area contributed by atoms with Crippen LogP contribution in [-0.4, -0.2) is 99.8 Å². The molecule has 0 heterocycles. The lowest BCUT2D eigenvalue weighted by molar-refractivity contribution is -0.228. The maximum absolute atomic E-state index is 9.59. The molecule has 1 rings (SSSR count). The molecule has 0 bridgehead atoms. The van der Waals surface area contributed by atoms with Crippen LogP contribution in [0.25, 0.3) is 0 Å². The van der Waals surface area contributed by atoms with Gasteiger partial charge in [-0.2, -0.15) is 5.26 Å². The van der Waals surface area contributed by atoms with Crippen LogP contribution in [0.2, 0.25) is 25.1 Å². The molecule has 1 aromatic rings. The third kappa shape index (κ3) is 11.5. The molecule has 0 aliphatic rings. The van der Waals surface area contributed by atoms with Gasteiger partial charge in [0, 0.05) is 6.08 Å². The molecule has 0 aliphatic carbocycles. The van der Waals surface area contributed by atoms with E-state index >= 15 is 0 Å². The van der Waals surface area contributed by atoms with Crippen LogP contribution in [0.1, 0.15) is 0 Å². The Kier molecular flexibility index (Phi) is 19.4. The summed E-state index contributed by atoms with van der Waals surface area (Å²) >= 11 is 27.9. The lowest BCUT2D eigenvalue weighted by atomic mass is 9.91. The van der Waals surface area contributed by atoms with Crippen molar-refractivity contribution in [3.8, 4) is 5.75 Å². The summed E-state index contributed by atoms with van der Waals surface area (Å²) in [5, 5.41) is 70.6. The Balaban J connectivity index is 0. The molecular formula is C19H27Cl5O11. The molecule has 11 nitrogen and oxygen atoms in total. The second kappa shape index (κ2) is 18.6. The molecular weight excluding hydrogens is 581 g/mol. The first kappa shape index (κ1) is 36.5. The predicted octanol–water partition coefficient (Wildman–Crippen LogP) is 1.78. The van der Waals surface area contributed by atoms with Crippen LogP contribution in [0.5, 0.6) is 5.75 Å². The van der Waals surface area contributed by atoms with Gasteiger partial charge in [-0.3, -0.25) is 4.89 Å². The van der Waals surface area contributed by atoms with E-state index in [0.29, 0.717) is 0 Å². The number of aliphatic hydroxyl groups is 6. The van der Waals surface area contributed by atoms with E-state index in [1.165, 1.54) is 0 Å². The van der Waals surface area contributed by atoms with Crippen LogP contribution < -0.4 is 0 Å². The van der Waals surface area contributed by atoms with E-state index in [0.717, 1.165) is 6.08 Å². The fraction of sp³-hybridized carbons (Fsp3) is 0.526. The Morgan fingerprint density at radius 3 is 1.20 bits per heavy atom. The van der Waals surface area contributed by atoms with E-state index in [4.69, 9.17) is 98.6 Å². The molecule has 1 aromatic carbocycles. The molecule has 0 spiro atoms. The zero-order valence-electron chi connectivity index (χ0n) is 18.1. The number of benzene rings is 1. The highest BCUT2D eigenvalue weighted by Gasteiger charge is 2.32. The van der Waals surface area contributed by atoms with Gasteiger partial charge in [-0.05, 0) is 0 Å². The highest BCUT2D eigenvalue weighted by Crippen LogP contribution is 2.47. The smallest absolute Gasteiger partial charge is 0.365 e. The number of halogens is 5. The lowest BCUT2D eigenvalue weighted by Gasteiger charge is -2.31. The number of hydrogen-bond acceptors (Lipinski definition) is 11. The van der Waals surface area contributed by atoms with E-state index in [2.05, 4.69) is 11.5 Å². The summed E-state index contributed by atoms with van der Waals surface area (Å²) < 4.78 is 5.15. The van der Waals surface area contributed by atoms with Gasteiger partial charge in [-0.15, -0.1) is 0 Å². The van der Waals surface area contributed by atoms with Crippen molar-refractivity contribution in [3.63, 3.8) is 0 Å². The van der Waals surface area contributed by atoms with Crippen molar-refractivity contribution < 1.29 is 55.4 Å². The third-order valence-electron chi connectivity index (χ3n) is 4.27. The van der Waals surface area contributed by atoms with Gasteiger partial charge in [0.05, 0.1) is 78.8 Å². The third-order valence-corrected chi connectivity index (χ3v) is 6.53. The standard InChI is InChI=1S/C10H22O7.C6HCl5O.C3H4O3/c11-1-9(2-12,3-13)7-17-8-10(4-14,5-15)6-16;7-1-2(8)4(10)6(12)5(11)3(1)9;1-2-3(4)6-5/h11-16H,1-8H2;12H;2,5H,1H2. The van der Waals surface area contributed by atoms with E-state index in [1.54, 1.807) is 0 Å². The number of aliphatic hydroxyl groups excluding tert-OH is 6. The molecule has 0 fully saturated rings. The van der Waals surface area contributed by atoms with Crippen LogP contribution in [0.15, 0.2) is 12.7 Å². The largest absolute Gasteiger partial charge is 0.505 e. The summed E-state index contributed by atoms with van der Waals surface area (Å²) in [6, 6.07) is 0. The van der Waals surface area contributed by atoms with Crippen molar-refractivity contribution >= 4 is 64.0 Å². The Morgan fingerprint density at radius 2 is 1.00 bits per heavy atom. The molecule has 35 heavy (non-hydrogen) atoms. The first-order valence-corrected chi connectivity index (χ1v) is 11.1. The molecule has 0 aromatic heterocycles. The van der Waals surface area contributed by atoms with Gasteiger partial charge in [-0.25, -0.2) is 4.79 Å². The van der Waals surface area contributed by atoms with Gasteiger partial charge in [0.25, 0.3) is 0 Å². The van der Waals surface area contributed by atoms with Crippen LogP contribution in [-0.2, 0) is 14.4 Å². The number of rotatable bonds is 11. The maximum atomic E-state index is 9.59. The SMILES string of the molecule is C=CC(=O)OO.OCC(CO)(CO)COCC(CO)(CO)CO.Oc1c(Cl)c(Cl)c(Cl)c(Cl)c1Cl. The fourth-order valence-corrected chi connectivity index (χ4v) is 2.82. The molecule has 0 saturated heterocycles. The number of aromatic hydroxyl groups is 1. The second-order valence-corrected chi connectivity index (χ2v) is 8.86. The average molecular weight is 609 g/mol. The van der Waals surface area contributed by atoms with Gasteiger partial charge in [-0.1, -0.05) is 64.6 Å². The highest BCUT2D eigenvalue weighted by molar-refractivity contribution is 6.55. The van der Waals surface area contributed by atoms with Crippen LogP contribution >= 0.6 is 58.0 Å². The number of carbonyl (C=O) groups is 1. The van der Waals surface area contributed by atoms with Gasteiger partial charge in [0.1, 0.15) is 10.0 Å². The monoisotopic (exact) mass is 606 g/mol. The van der Waals surface area contributed by atoms with Gasteiger partial charge in [0.2, 0.25) is 0 Å². The Morgan fingerprint density at radius 1 is 0.714 bits per heavy atom. The fourth-order valence-electron chi connectivity index (χ4n) is 1.69. The summed E-state index contributed by atoms with van der Waals surface area (Å²) in [6.07, 6.45) is 0.861. The minimum atomic E-state index is -1.16. The summed E-state index contributed by atoms with van der Waals surface area (Å²) in [6.45, 7) is -0.00831. The van der Waals surface area contributed by atoms with Crippen LogP contribution in [0.4, 0.5) is 0 Å². The van der Waals surface area contributed by atoms with Crippen molar-refractivity contribution in [2.75, 3.05) is 52.9 Å². The number of ether oxygens (including phenoxy) is 1. The molecule has 8 N–H and O–H groups in total. The van der Waals surface area contributed by atoms with E-state index in [-0.39, 0.29) is 44.1 Å². The molecule has 204 valence electrons. The molecule has 0 aliphatic heterocycles. The number of hydrogen-bond donors (Lipinski definition) is 8. The molecule has 0 saturated carbocycles. The van der Waals surface area contributed by atoms with E-state index in [9.17, 15) is 9.90 Å². The minimum absolute atomic E-state index is 0.00904. The van der Waals surface area contributed by atoms with Crippen molar-refractivity contribution in [1.29, 1.82) is 0 Å². The van der Waals surface area contributed by atoms with Crippen molar-refractivity contribution in [2.24, 2.45) is 10.8 Å². The lowest BCUT2D eigenvalue weighted by Crippen LogP contribution is -2.43. The normalized spacial score (nSPS) is 11.1. The van der Waals surface area contributed by atoms with Gasteiger partial charge < -0.3 is 40.5 Å². The second-order valence-electron chi connectivity index (χ2n) is 6.97. The average Bonchev–Trinajstić information content (AvgIpc) is 2.90. The van der Waals surface area contributed by atoms with Gasteiger partial charge in [0.15, 0.2) is 5.75 Å². The minimum Gasteiger partial charge on any atom is -0.505 e. The van der Waals surface area contributed by atoms with Gasteiger partial charge >= 0.3 is 5.97 Å². The Labute approximate surface area is 226 Å². The summed E-state index contributed by atoms with van der Waals surface area (Å²) in [4.78, 5) is 12.7. The number of phenolic OH excluding ortho intramolecular Hbond substituents is 1. The number of phenols is 1. The topological polar surface area (TPSA) is 197 Å². The summed E-state index contributed by atoms with van der Waals surface area (Å²) in [7, 11) is 0. The summed E-state index contributed by atoms with van der Waals surface area (Å²) in [5.41, 5.74) is -2.32. The molecule has 0 radical (unpaired) electrons. The molecule has 16 heteroatoms. The van der Waals surface area contributed by atoms with Crippen molar-refractivity contribution in [1.82, 2.24) is 0 Å². The predicted molar refractivity (Wildman–Crippen MR) is 130 cm³/mol. The molecule has 0 atom stereocenters. The Hall–Kier alpha value is -0.640. The highest BCUT2D eigenvalue weighted by atomic mass is 35.5. The van der Waals surface area contributed by atoms with Crippen molar-refractivity contribution in [3.05, 3.63) is 37.8 Å². The molecule has 0 amide bonds. The number of carbonyl (C=O) groups excluding carboxylic acids is 1. The first-order valence-electron chi connectivity index (χ1n) is 9.26. The van der Waals surface area contributed by atoms with Crippen LogP contribution in [0.3, 0.4) is 0 Å². The molecule has 0 unspecified atom stereocenters. The zero-order chi connectivity index (χ0) is 27.8.